The van der Waals surface area contributed by atoms with Crippen molar-refractivity contribution in [3.05, 3.63) is 90.1 Å². The third-order valence-electron chi connectivity index (χ3n) is 12.5. The molecule has 10 heteroatoms. The normalized spacial score (nSPS) is 25.1. The van der Waals surface area contributed by atoms with Gasteiger partial charge in [-0.2, -0.15) is 0 Å². The quantitative estimate of drug-likeness (QED) is 0.207. The minimum absolute atomic E-state index is 0.0481. The zero-order chi connectivity index (χ0) is 36.1. The number of carbonyl (C=O) groups excluding carboxylic acids is 1. The molecule has 52 heavy (non-hydrogen) atoms. The summed E-state index contributed by atoms with van der Waals surface area (Å²) in [6.45, 7) is 15.4. The van der Waals surface area contributed by atoms with Crippen LogP contribution in [0.3, 0.4) is 0 Å². The number of pyridine rings is 1. The number of carbonyl (C=O) groups is 1. The summed E-state index contributed by atoms with van der Waals surface area (Å²) in [5.74, 6) is 0.707. The van der Waals surface area contributed by atoms with Gasteiger partial charge >= 0.3 is 0 Å². The largest absolute Gasteiger partial charge is 0.400 e. The van der Waals surface area contributed by atoms with Gasteiger partial charge in [0.25, 0.3) is 8.32 Å². The van der Waals surface area contributed by atoms with Crippen molar-refractivity contribution in [3.8, 4) is 0 Å². The number of hydrogen-bond donors (Lipinski definition) is 1. The van der Waals surface area contributed by atoms with Gasteiger partial charge in [0.2, 0.25) is 5.91 Å². The molecule has 3 aromatic carbocycles. The minimum atomic E-state index is -2.77. The summed E-state index contributed by atoms with van der Waals surface area (Å²) in [6.07, 6.45) is 4.59. The summed E-state index contributed by atoms with van der Waals surface area (Å²) >= 11 is 6.94. The maximum absolute atomic E-state index is 13.2. The Kier molecular flexibility index (Phi) is 9.50. The van der Waals surface area contributed by atoms with E-state index < -0.39 is 8.32 Å². The van der Waals surface area contributed by atoms with E-state index in [-0.39, 0.29) is 33.9 Å². The molecule has 274 valence electrons. The summed E-state index contributed by atoms with van der Waals surface area (Å²) in [7, 11) is -2.77. The third kappa shape index (κ3) is 6.37. The Balaban J connectivity index is 0.992. The molecule has 4 heterocycles. The van der Waals surface area contributed by atoms with Gasteiger partial charge in [0.15, 0.2) is 0 Å². The van der Waals surface area contributed by atoms with E-state index in [0.29, 0.717) is 24.1 Å². The van der Waals surface area contributed by atoms with Gasteiger partial charge in [-0.3, -0.25) is 9.69 Å². The Morgan fingerprint density at radius 2 is 1.58 bits per heavy atom. The highest BCUT2D eigenvalue weighted by Crippen LogP contribution is 2.59. The second-order valence-electron chi connectivity index (χ2n) is 16.6. The summed E-state index contributed by atoms with van der Waals surface area (Å²) < 4.78 is 19.5. The van der Waals surface area contributed by atoms with Gasteiger partial charge in [0.05, 0.1) is 35.6 Å². The molecule has 4 aromatic rings. The van der Waals surface area contributed by atoms with Crippen LogP contribution in [0.25, 0.3) is 10.8 Å². The van der Waals surface area contributed by atoms with Gasteiger partial charge in [0, 0.05) is 56.9 Å². The number of anilines is 2. The molecule has 3 atom stereocenters. The molecule has 3 saturated heterocycles. The van der Waals surface area contributed by atoms with Crippen molar-refractivity contribution >= 4 is 58.5 Å². The second kappa shape index (κ2) is 13.8. The van der Waals surface area contributed by atoms with Gasteiger partial charge in [-0.15, -0.1) is 0 Å². The highest BCUT2D eigenvalue weighted by molar-refractivity contribution is 6.99. The van der Waals surface area contributed by atoms with E-state index in [9.17, 15) is 4.79 Å². The van der Waals surface area contributed by atoms with Crippen LogP contribution in [-0.2, 0) is 18.7 Å². The van der Waals surface area contributed by atoms with E-state index in [1.807, 2.05) is 18.3 Å². The zero-order valence-electron chi connectivity index (χ0n) is 30.9. The van der Waals surface area contributed by atoms with E-state index in [1.165, 1.54) is 10.4 Å². The Morgan fingerprint density at radius 1 is 0.923 bits per heavy atom. The molecule has 1 saturated carbocycles. The first-order chi connectivity index (χ1) is 25.0. The van der Waals surface area contributed by atoms with Gasteiger partial charge in [-0.25, -0.2) is 4.98 Å². The van der Waals surface area contributed by atoms with Crippen LogP contribution in [0.15, 0.2) is 85.1 Å². The lowest BCUT2D eigenvalue weighted by molar-refractivity contribution is -0.118. The van der Waals surface area contributed by atoms with E-state index in [0.717, 1.165) is 75.1 Å². The molecule has 8 rings (SSSR count). The Hall–Kier alpha value is -3.31. The Labute approximate surface area is 313 Å². The van der Waals surface area contributed by atoms with Gasteiger partial charge in [0.1, 0.15) is 5.82 Å². The standard InChI is InChI=1S/C42H51ClN4O4Si/c1-40(2,3)52(32-11-7-5-8-12-32,33-13-9-6-10-14-33)51-37-28-50-29-41(37,4)47-19-17-46(18-20-47)36-24-30-25-38(44-27-31(30)23-35(36)43)45-39(48)34-26-42(34)15-21-49-22-16-42/h5-14,23-25,27,34,37H,15-22,26,28-29H2,1-4H3,(H,44,45,48)/t34-,37-,41+/m0/s1. The first kappa shape index (κ1) is 35.7. The van der Waals surface area contributed by atoms with Crippen LogP contribution in [0.2, 0.25) is 10.1 Å². The maximum Gasteiger partial charge on any atom is 0.261 e. The van der Waals surface area contributed by atoms with Crippen LogP contribution in [0.1, 0.15) is 47.0 Å². The summed E-state index contributed by atoms with van der Waals surface area (Å²) in [4.78, 5) is 22.7. The topological polar surface area (TPSA) is 76.2 Å². The highest BCUT2D eigenvalue weighted by atomic mass is 35.5. The maximum atomic E-state index is 13.2. The first-order valence-corrected chi connectivity index (χ1v) is 21.2. The van der Waals surface area contributed by atoms with Crippen molar-refractivity contribution in [1.29, 1.82) is 0 Å². The van der Waals surface area contributed by atoms with Crippen LogP contribution >= 0.6 is 11.6 Å². The number of hydrogen-bond acceptors (Lipinski definition) is 7. The summed E-state index contributed by atoms with van der Waals surface area (Å²) in [5.41, 5.74) is 0.848. The van der Waals surface area contributed by atoms with Crippen LogP contribution in [0.5, 0.6) is 0 Å². The molecule has 1 aliphatic carbocycles. The smallest absolute Gasteiger partial charge is 0.261 e. The predicted octanol–water partition coefficient (Wildman–Crippen LogP) is 6.50. The molecule has 0 bridgehead atoms. The first-order valence-electron chi connectivity index (χ1n) is 18.9. The molecule has 8 nitrogen and oxygen atoms in total. The monoisotopic (exact) mass is 738 g/mol. The number of piperazine rings is 1. The fourth-order valence-electron chi connectivity index (χ4n) is 9.19. The van der Waals surface area contributed by atoms with Gasteiger partial charge in [-0.05, 0) is 70.6 Å². The molecular weight excluding hydrogens is 688 g/mol. The summed E-state index contributed by atoms with van der Waals surface area (Å²) in [6, 6.07) is 27.9. The van der Waals surface area contributed by atoms with Crippen LogP contribution in [0.4, 0.5) is 11.5 Å². The van der Waals surface area contributed by atoms with Crippen LogP contribution < -0.4 is 20.6 Å². The van der Waals surface area contributed by atoms with Crippen LogP contribution in [-0.4, -0.2) is 88.4 Å². The minimum Gasteiger partial charge on any atom is -0.400 e. The number of ether oxygens (including phenoxy) is 2. The SMILES string of the molecule is CC(C)(C)[Si](O[C@H]1COC[C@@]1(C)N1CCN(c2cc3cc(NC(=O)[C@@H]4CC45CCOCC5)ncc3cc2Cl)CC1)(c1ccccc1)c1ccccc1. The average molecular weight is 739 g/mol. The molecule has 0 radical (unpaired) electrons. The third-order valence-corrected chi connectivity index (χ3v) is 17.8. The van der Waals surface area contributed by atoms with Crippen molar-refractivity contribution in [1.82, 2.24) is 9.88 Å². The number of amides is 1. The lowest BCUT2D eigenvalue weighted by Gasteiger charge is -2.50. The number of rotatable bonds is 8. The number of fused-ring (bicyclic) bond motifs is 1. The van der Waals surface area contributed by atoms with Crippen LogP contribution in [0, 0.1) is 11.3 Å². The fourth-order valence-corrected chi connectivity index (χ4v) is 14.2. The average Bonchev–Trinajstić information content (AvgIpc) is 3.71. The number of nitrogens with one attached hydrogen (secondary N) is 1. The van der Waals surface area contributed by atoms with Crippen molar-refractivity contribution in [2.24, 2.45) is 11.3 Å². The van der Waals surface area contributed by atoms with Crippen molar-refractivity contribution < 1.29 is 18.7 Å². The number of nitrogens with zero attached hydrogens (tertiary/aromatic N) is 3. The highest BCUT2D eigenvalue weighted by Gasteiger charge is 2.58. The number of halogens is 1. The molecule has 4 aliphatic rings. The predicted molar refractivity (Wildman–Crippen MR) is 211 cm³/mol. The Morgan fingerprint density at radius 3 is 2.21 bits per heavy atom. The molecule has 1 spiro atoms. The Bertz CT molecular complexity index is 1870. The van der Waals surface area contributed by atoms with E-state index >= 15 is 0 Å². The second-order valence-corrected chi connectivity index (χ2v) is 21.2. The number of aromatic nitrogens is 1. The fraction of sp³-hybridized carbons (Fsp3) is 0.476. The van der Waals surface area contributed by atoms with E-state index in [1.54, 1.807) is 0 Å². The molecule has 0 unspecified atom stereocenters. The number of benzene rings is 3. The van der Waals surface area contributed by atoms with E-state index in [2.05, 4.69) is 115 Å². The van der Waals surface area contributed by atoms with Crippen molar-refractivity contribution in [3.63, 3.8) is 0 Å². The molecule has 3 aliphatic heterocycles. The van der Waals surface area contributed by atoms with Gasteiger partial charge in [-0.1, -0.05) is 93.0 Å². The molecule has 1 amide bonds. The lowest BCUT2D eigenvalue weighted by atomic mass is 9.93. The summed E-state index contributed by atoms with van der Waals surface area (Å²) in [5, 5.41) is 8.24. The van der Waals surface area contributed by atoms with Gasteiger partial charge < -0.3 is 24.1 Å². The van der Waals surface area contributed by atoms with Crippen molar-refractivity contribution in [2.75, 3.05) is 62.8 Å². The molecular formula is C42H51ClN4O4Si. The lowest BCUT2D eigenvalue weighted by Crippen LogP contribution is -2.71. The van der Waals surface area contributed by atoms with Crippen molar-refractivity contribution in [2.45, 2.75) is 63.6 Å². The molecule has 4 fully saturated rings. The zero-order valence-corrected chi connectivity index (χ0v) is 32.6. The molecule has 1 N–H and O–H groups in total. The molecule has 1 aromatic heterocycles. The van der Waals surface area contributed by atoms with E-state index in [4.69, 9.17) is 25.5 Å².